The molecule has 0 saturated carbocycles. The van der Waals surface area contributed by atoms with Gasteiger partial charge in [-0.15, -0.1) is 0 Å². The maximum Gasteiger partial charge on any atom is 0.406 e. The van der Waals surface area contributed by atoms with Gasteiger partial charge in [-0.05, 0) is 39.0 Å². The summed E-state index contributed by atoms with van der Waals surface area (Å²) < 4.78 is 44.8. The van der Waals surface area contributed by atoms with Gasteiger partial charge >= 0.3 is 6.18 Å². The van der Waals surface area contributed by atoms with Gasteiger partial charge in [-0.1, -0.05) is 109 Å². The predicted molar refractivity (Wildman–Crippen MR) is 125 cm³/mol. The van der Waals surface area contributed by atoms with Crippen molar-refractivity contribution < 1.29 is 18.0 Å². The Labute approximate surface area is 189 Å². The smallest absolute Gasteiger partial charge is 0.298 e. The van der Waals surface area contributed by atoms with Gasteiger partial charge in [0.2, 0.25) is 0 Å². The van der Waals surface area contributed by atoms with Crippen LogP contribution in [0.3, 0.4) is 0 Å². The normalized spacial score (nSPS) is 17.7. The fourth-order valence-electron chi connectivity index (χ4n) is 4.62. The molecule has 1 nitrogen and oxygen atoms in total. The molecular weight excluding hydrogens is 421 g/mol. The van der Waals surface area contributed by atoms with Crippen LogP contribution in [0.4, 0.5) is 13.2 Å². The summed E-state index contributed by atoms with van der Waals surface area (Å²) in [5.74, 6) is 0. The number of carbonyl (C=O) groups excluding carboxylic acids is 1. The number of rotatable bonds is 5. The number of benzene rings is 4. The van der Waals surface area contributed by atoms with Crippen LogP contribution in [0.15, 0.2) is 109 Å². The van der Waals surface area contributed by atoms with Crippen LogP contribution in [0.5, 0.6) is 0 Å². The minimum Gasteiger partial charge on any atom is -0.298 e. The molecule has 0 fully saturated rings. The van der Waals surface area contributed by atoms with Crippen molar-refractivity contribution in [3.8, 4) is 11.1 Å². The fraction of sp³-hybridized carbons (Fsp3) is 0.0690. The van der Waals surface area contributed by atoms with Crippen molar-refractivity contribution in [2.24, 2.45) is 0 Å². The Kier molecular flexibility index (Phi) is 5.01. The molecule has 4 aromatic rings. The third-order valence-electron chi connectivity index (χ3n) is 6.19. The number of halogens is 3. The molecular formula is C29H19F3O. The molecule has 1 unspecified atom stereocenters. The Morgan fingerprint density at radius 3 is 1.45 bits per heavy atom. The second-order valence-electron chi connectivity index (χ2n) is 8.05. The predicted octanol–water partition coefficient (Wildman–Crippen LogP) is 7.59. The second-order valence-corrected chi connectivity index (χ2v) is 8.05. The molecule has 5 rings (SSSR count). The highest BCUT2D eigenvalue weighted by molar-refractivity contribution is 6.20. The molecule has 1 aliphatic rings. The first-order chi connectivity index (χ1) is 16.0. The Bertz CT molecular complexity index is 1320. The zero-order valence-electron chi connectivity index (χ0n) is 17.5. The Morgan fingerprint density at radius 2 is 0.970 bits per heavy atom. The highest BCUT2D eigenvalue weighted by Crippen LogP contribution is 2.71. The number of alkyl halides is 3. The summed E-state index contributed by atoms with van der Waals surface area (Å²) in [7, 11) is 0. The third kappa shape index (κ3) is 3.39. The van der Waals surface area contributed by atoms with E-state index >= 15 is 0 Å². The molecule has 33 heavy (non-hydrogen) atoms. The number of hydrogen-bond acceptors (Lipinski definition) is 1. The van der Waals surface area contributed by atoms with Crippen LogP contribution in [0.2, 0.25) is 0 Å². The lowest BCUT2D eigenvalue weighted by Gasteiger charge is -2.25. The fourth-order valence-corrected chi connectivity index (χ4v) is 4.62. The Morgan fingerprint density at radius 1 is 0.545 bits per heavy atom. The SMILES string of the molecule is O=Cc1ccc(C2=C(c3ccccc3)C2(c2ccc(-c3ccccc3)cc2)C(F)(F)F)cc1. The molecule has 0 N–H and O–H groups in total. The van der Waals surface area contributed by atoms with Crippen molar-refractivity contribution in [1.29, 1.82) is 0 Å². The molecule has 0 amide bonds. The van der Waals surface area contributed by atoms with Crippen LogP contribution in [-0.4, -0.2) is 12.5 Å². The van der Waals surface area contributed by atoms with E-state index in [2.05, 4.69) is 0 Å². The highest BCUT2D eigenvalue weighted by Gasteiger charge is 2.71. The number of allylic oxidation sites excluding steroid dienone is 2. The van der Waals surface area contributed by atoms with E-state index in [9.17, 15) is 18.0 Å². The molecule has 0 spiro atoms. The van der Waals surface area contributed by atoms with Crippen LogP contribution in [0, 0.1) is 0 Å². The van der Waals surface area contributed by atoms with Gasteiger partial charge in [0, 0.05) is 5.56 Å². The van der Waals surface area contributed by atoms with Crippen molar-refractivity contribution >= 4 is 17.4 Å². The van der Waals surface area contributed by atoms with Gasteiger partial charge in [0.25, 0.3) is 0 Å². The Hall–Kier alpha value is -3.92. The van der Waals surface area contributed by atoms with E-state index in [0.29, 0.717) is 23.0 Å². The summed E-state index contributed by atoms with van der Waals surface area (Å²) in [5, 5.41) is 0. The molecule has 162 valence electrons. The van der Waals surface area contributed by atoms with E-state index in [1.165, 1.54) is 0 Å². The van der Waals surface area contributed by atoms with E-state index in [1.807, 2.05) is 30.3 Å². The maximum atomic E-state index is 14.9. The molecule has 0 saturated heterocycles. The van der Waals surface area contributed by atoms with Gasteiger partial charge in [0.15, 0.2) is 0 Å². The number of hydrogen-bond donors (Lipinski definition) is 0. The van der Waals surface area contributed by atoms with E-state index in [1.54, 1.807) is 78.9 Å². The van der Waals surface area contributed by atoms with Crippen molar-refractivity contribution in [2.45, 2.75) is 11.6 Å². The summed E-state index contributed by atoms with van der Waals surface area (Å²) in [5.41, 5.74) is 1.69. The van der Waals surface area contributed by atoms with Gasteiger partial charge in [-0.25, -0.2) is 0 Å². The first-order valence-electron chi connectivity index (χ1n) is 10.6. The summed E-state index contributed by atoms with van der Waals surface area (Å²) in [6.07, 6.45) is -3.85. The average Bonchev–Trinajstić information content (AvgIpc) is 3.57. The lowest BCUT2D eigenvalue weighted by molar-refractivity contribution is -0.149. The molecule has 0 aliphatic heterocycles. The molecule has 0 aromatic heterocycles. The minimum absolute atomic E-state index is 0.183. The minimum atomic E-state index is -4.54. The molecule has 1 atom stereocenters. The molecule has 0 radical (unpaired) electrons. The van der Waals surface area contributed by atoms with Crippen LogP contribution in [-0.2, 0) is 5.41 Å². The molecule has 0 heterocycles. The monoisotopic (exact) mass is 440 g/mol. The van der Waals surface area contributed by atoms with Gasteiger partial charge in [0.05, 0.1) is 0 Å². The van der Waals surface area contributed by atoms with E-state index < -0.39 is 11.6 Å². The average molecular weight is 440 g/mol. The summed E-state index contributed by atoms with van der Waals surface area (Å²) >= 11 is 0. The maximum absolute atomic E-state index is 14.9. The lowest BCUT2D eigenvalue weighted by atomic mass is 9.83. The van der Waals surface area contributed by atoms with Gasteiger partial charge in [0.1, 0.15) is 11.7 Å². The van der Waals surface area contributed by atoms with Crippen LogP contribution in [0.25, 0.3) is 22.3 Å². The lowest BCUT2D eigenvalue weighted by Crippen LogP contribution is -2.33. The topological polar surface area (TPSA) is 17.1 Å². The van der Waals surface area contributed by atoms with Gasteiger partial charge in [-0.2, -0.15) is 13.2 Å². The van der Waals surface area contributed by atoms with Gasteiger partial charge < -0.3 is 0 Å². The molecule has 0 bridgehead atoms. The molecule has 4 aromatic carbocycles. The first kappa shape index (κ1) is 21.0. The number of aldehydes is 1. The van der Waals surface area contributed by atoms with Crippen LogP contribution >= 0.6 is 0 Å². The van der Waals surface area contributed by atoms with Gasteiger partial charge in [-0.3, -0.25) is 4.79 Å². The van der Waals surface area contributed by atoms with Crippen LogP contribution in [0.1, 0.15) is 27.0 Å². The molecule has 4 heteroatoms. The zero-order chi connectivity index (χ0) is 23.1. The summed E-state index contributed by atoms with van der Waals surface area (Å²) in [4.78, 5) is 11.1. The van der Waals surface area contributed by atoms with E-state index in [0.717, 1.165) is 11.1 Å². The second kappa shape index (κ2) is 7.89. The van der Waals surface area contributed by atoms with Crippen molar-refractivity contribution in [3.05, 3.63) is 131 Å². The Balaban J connectivity index is 1.67. The van der Waals surface area contributed by atoms with Crippen molar-refractivity contribution in [3.63, 3.8) is 0 Å². The number of carbonyl (C=O) groups is 1. The van der Waals surface area contributed by atoms with Crippen molar-refractivity contribution in [1.82, 2.24) is 0 Å². The zero-order valence-corrected chi connectivity index (χ0v) is 17.5. The largest absolute Gasteiger partial charge is 0.406 e. The standard InChI is InChI=1S/C29H19F3O/c30-29(31,32)28(25-17-15-22(16-18-25)21-7-3-1-4-8-21)26(23-9-5-2-6-10-23)27(28)24-13-11-20(19-33)12-14-24/h1-19H. The summed E-state index contributed by atoms with van der Waals surface area (Å²) in [6, 6.07) is 31.2. The summed E-state index contributed by atoms with van der Waals surface area (Å²) in [6.45, 7) is 0. The van der Waals surface area contributed by atoms with E-state index in [4.69, 9.17) is 0 Å². The van der Waals surface area contributed by atoms with Crippen LogP contribution < -0.4 is 0 Å². The third-order valence-corrected chi connectivity index (χ3v) is 6.19. The van der Waals surface area contributed by atoms with E-state index in [-0.39, 0.29) is 16.7 Å². The van der Waals surface area contributed by atoms with Crippen molar-refractivity contribution in [2.75, 3.05) is 0 Å². The first-order valence-corrected chi connectivity index (χ1v) is 10.6. The quantitative estimate of drug-likeness (QED) is 0.292. The highest BCUT2D eigenvalue weighted by atomic mass is 19.4. The molecule has 1 aliphatic carbocycles.